The fourth-order valence-electron chi connectivity index (χ4n) is 3.56. The summed E-state index contributed by atoms with van der Waals surface area (Å²) in [6, 6.07) is 21.2. The van der Waals surface area contributed by atoms with Crippen LogP contribution in [-0.4, -0.2) is 41.4 Å². The lowest BCUT2D eigenvalue weighted by molar-refractivity contribution is 0.102. The summed E-state index contributed by atoms with van der Waals surface area (Å²) >= 11 is 0. The number of likely N-dealkylation sites (N-methyl/N-ethyl adjacent to an activating group) is 1. The van der Waals surface area contributed by atoms with Crippen LogP contribution in [0.15, 0.2) is 79.1 Å². The highest BCUT2D eigenvalue weighted by Gasteiger charge is 2.17. The third-order valence-electron chi connectivity index (χ3n) is 5.07. The Kier molecular flexibility index (Phi) is 6.37. The summed E-state index contributed by atoms with van der Waals surface area (Å²) in [5.74, 6) is -0.300. The van der Waals surface area contributed by atoms with Gasteiger partial charge in [0.1, 0.15) is 18.0 Å². The first-order chi connectivity index (χ1) is 15.5. The minimum absolute atomic E-state index is 0.00771. The summed E-state index contributed by atoms with van der Waals surface area (Å²) in [4.78, 5) is 23.4. The third kappa shape index (κ3) is 4.90. The molecule has 0 saturated heterocycles. The minimum atomic E-state index is -0.552. The van der Waals surface area contributed by atoms with Crippen molar-refractivity contribution in [3.05, 3.63) is 96.1 Å². The van der Waals surface area contributed by atoms with Crippen molar-refractivity contribution in [2.45, 2.75) is 6.04 Å². The van der Waals surface area contributed by atoms with E-state index >= 15 is 0 Å². The number of carbonyl (C=O) groups is 1. The number of hydrogen-bond donors (Lipinski definition) is 2. The molecule has 1 atom stereocenters. The number of benzene rings is 3. The predicted molar refractivity (Wildman–Crippen MR) is 125 cm³/mol. The van der Waals surface area contributed by atoms with Gasteiger partial charge in [0.05, 0.1) is 17.1 Å². The van der Waals surface area contributed by atoms with Crippen LogP contribution < -0.4 is 10.6 Å². The first-order valence-corrected chi connectivity index (χ1v) is 10.3. The Morgan fingerprint density at radius 3 is 2.59 bits per heavy atom. The molecule has 0 radical (unpaired) electrons. The normalized spacial score (nSPS) is 12.0. The van der Waals surface area contributed by atoms with Gasteiger partial charge in [-0.15, -0.1) is 0 Å². The van der Waals surface area contributed by atoms with Gasteiger partial charge < -0.3 is 15.5 Å². The first-order valence-electron chi connectivity index (χ1n) is 10.3. The molecule has 0 aliphatic heterocycles. The monoisotopic (exact) mass is 429 g/mol. The topological polar surface area (TPSA) is 70.2 Å². The maximum atomic E-state index is 14.0. The van der Waals surface area contributed by atoms with Crippen molar-refractivity contribution >= 4 is 28.3 Å². The summed E-state index contributed by atoms with van der Waals surface area (Å²) in [7, 11) is 3.99. The van der Waals surface area contributed by atoms with Gasteiger partial charge in [-0.05, 0) is 56.1 Å². The third-order valence-corrected chi connectivity index (χ3v) is 5.07. The summed E-state index contributed by atoms with van der Waals surface area (Å²) in [6.07, 6.45) is 1.54. The molecule has 7 heteroatoms. The van der Waals surface area contributed by atoms with E-state index in [0.717, 1.165) is 22.3 Å². The number of para-hydroxylation sites is 1. The Labute approximate surface area is 186 Å². The van der Waals surface area contributed by atoms with Crippen molar-refractivity contribution in [1.29, 1.82) is 0 Å². The van der Waals surface area contributed by atoms with Gasteiger partial charge in [0, 0.05) is 17.6 Å². The van der Waals surface area contributed by atoms with E-state index in [1.807, 2.05) is 56.6 Å². The Bertz CT molecular complexity index is 1240. The molecule has 1 aromatic heterocycles. The van der Waals surface area contributed by atoms with Crippen molar-refractivity contribution in [2.75, 3.05) is 31.3 Å². The molecular formula is C25H24FN5O. The average Bonchev–Trinajstić information content (AvgIpc) is 2.79. The fourth-order valence-corrected chi connectivity index (χ4v) is 3.56. The second-order valence-electron chi connectivity index (χ2n) is 7.76. The number of fused-ring (bicyclic) bond motifs is 1. The molecule has 0 fully saturated rings. The van der Waals surface area contributed by atoms with Gasteiger partial charge in [0.25, 0.3) is 5.91 Å². The predicted octanol–water partition coefficient (Wildman–Crippen LogP) is 4.74. The van der Waals surface area contributed by atoms with Gasteiger partial charge in [-0.3, -0.25) is 4.79 Å². The van der Waals surface area contributed by atoms with Gasteiger partial charge in [-0.1, -0.05) is 36.4 Å². The van der Waals surface area contributed by atoms with E-state index < -0.39 is 11.7 Å². The molecule has 4 aromatic rings. The molecule has 32 heavy (non-hydrogen) atoms. The lowest BCUT2D eigenvalue weighted by atomic mass is 10.0. The van der Waals surface area contributed by atoms with Crippen LogP contribution in [0.25, 0.3) is 10.9 Å². The number of hydrogen-bond acceptors (Lipinski definition) is 5. The quantitative estimate of drug-likeness (QED) is 0.444. The van der Waals surface area contributed by atoms with E-state index in [9.17, 15) is 9.18 Å². The Hall–Kier alpha value is -3.84. The second kappa shape index (κ2) is 9.53. The standard InChI is InChI=1S/C25H24FN5O/c1-31(2)15-23(30-24-20-11-4-6-13-22(20)27-16-28-24)17-8-7-9-18(14-17)29-25(32)19-10-3-5-12-21(19)26/h3-14,16,23H,15H2,1-2H3,(H,29,32)(H,27,28,30). The largest absolute Gasteiger partial charge is 0.361 e. The lowest BCUT2D eigenvalue weighted by Gasteiger charge is -2.24. The van der Waals surface area contributed by atoms with Crippen LogP contribution >= 0.6 is 0 Å². The van der Waals surface area contributed by atoms with Gasteiger partial charge in [0.15, 0.2) is 0 Å². The SMILES string of the molecule is CN(C)CC(Nc1ncnc2ccccc12)c1cccc(NC(=O)c2ccccc2F)c1. The molecule has 3 aromatic carbocycles. The summed E-state index contributed by atoms with van der Waals surface area (Å²) in [5.41, 5.74) is 2.43. The van der Waals surface area contributed by atoms with E-state index in [1.165, 1.54) is 12.1 Å². The molecule has 0 aliphatic carbocycles. The zero-order chi connectivity index (χ0) is 22.5. The molecule has 2 N–H and O–H groups in total. The van der Waals surface area contributed by atoms with Crippen molar-refractivity contribution in [1.82, 2.24) is 14.9 Å². The smallest absolute Gasteiger partial charge is 0.258 e. The van der Waals surface area contributed by atoms with E-state index in [4.69, 9.17) is 0 Å². The lowest BCUT2D eigenvalue weighted by Crippen LogP contribution is -2.26. The molecule has 0 bridgehead atoms. The molecule has 1 unspecified atom stereocenters. The number of rotatable bonds is 7. The van der Waals surface area contributed by atoms with Crippen molar-refractivity contribution in [3.8, 4) is 0 Å². The molecule has 6 nitrogen and oxygen atoms in total. The molecule has 0 spiro atoms. The van der Waals surface area contributed by atoms with Gasteiger partial charge in [-0.2, -0.15) is 0 Å². The van der Waals surface area contributed by atoms with Crippen LogP contribution in [-0.2, 0) is 0 Å². The van der Waals surface area contributed by atoms with E-state index in [2.05, 4.69) is 25.5 Å². The minimum Gasteiger partial charge on any atom is -0.361 e. The van der Waals surface area contributed by atoms with Crippen molar-refractivity contribution < 1.29 is 9.18 Å². The molecule has 0 saturated carbocycles. The highest BCUT2D eigenvalue weighted by Crippen LogP contribution is 2.26. The Balaban J connectivity index is 1.61. The number of amides is 1. The molecule has 0 aliphatic rings. The van der Waals surface area contributed by atoms with Crippen molar-refractivity contribution in [2.24, 2.45) is 0 Å². The van der Waals surface area contributed by atoms with Crippen LogP contribution in [0.2, 0.25) is 0 Å². The van der Waals surface area contributed by atoms with E-state index in [0.29, 0.717) is 12.2 Å². The summed E-state index contributed by atoms with van der Waals surface area (Å²) in [6.45, 7) is 0.697. The van der Waals surface area contributed by atoms with Crippen molar-refractivity contribution in [3.63, 3.8) is 0 Å². The molecule has 1 heterocycles. The molecular weight excluding hydrogens is 405 g/mol. The molecule has 1 amide bonds. The maximum Gasteiger partial charge on any atom is 0.258 e. The number of aromatic nitrogens is 2. The van der Waals surface area contributed by atoms with E-state index in [-0.39, 0.29) is 11.6 Å². The number of carbonyl (C=O) groups excluding carboxylic acids is 1. The number of nitrogens with zero attached hydrogens (tertiary/aromatic N) is 3. The van der Waals surface area contributed by atoms with Crippen LogP contribution in [0, 0.1) is 5.82 Å². The molecule has 162 valence electrons. The maximum absolute atomic E-state index is 14.0. The highest BCUT2D eigenvalue weighted by molar-refractivity contribution is 6.04. The van der Waals surface area contributed by atoms with Crippen LogP contribution in [0.5, 0.6) is 0 Å². The van der Waals surface area contributed by atoms with Gasteiger partial charge in [-0.25, -0.2) is 14.4 Å². The van der Waals surface area contributed by atoms with Crippen LogP contribution in [0.4, 0.5) is 15.9 Å². The van der Waals surface area contributed by atoms with Crippen LogP contribution in [0.3, 0.4) is 0 Å². The first kappa shape index (κ1) is 21.4. The number of halogens is 1. The summed E-state index contributed by atoms with van der Waals surface area (Å²) < 4.78 is 14.0. The second-order valence-corrected chi connectivity index (χ2v) is 7.76. The zero-order valence-corrected chi connectivity index (χ0v) is 17.9. The van der Waals surface area contributed by atoms with E-state index in [1.54, 1.807) is 24.5 Å². The Morgan fingerprint density at radius 2 is 1.78 bits per heavy atom. The average molecular weight is 429 g/mol. The van der Waals surface area contributed by atoms with Gasteiger partial charge in [0.2, 0.25) is 0 Å². The number of nitrogens with one attached hydrogen (secondary N) is 2. The number of anilines is 2. The zero-order valence-electron chi connectivity index (χ0n) is 17.9. The highest BCUT2D eigenvalue weighted by atomic mass is 19.1. The fraction of sp³-hybridized carbons (Fsp3) is 0.160. The summed E-state index contributed by atoms with van der Waals surface area (Å²) in [5, 5.41) is 7.25. The van der Waals surface area contributed by atoms with Crippen LogP contribution in [0.1, 0.15) is 22.0 Å². The van der Waals surface area contributed by atoms with Gasteiger partial charge >= 0.3 is 0 Å². The molecule has 4 rings (SSSR count). The Morgan fingerprint density at radius 1 is 1.00 bits per heavy atom.